The van der Waals surface area contributed by atoms with Crippen LogP contribution in [0.4, 0.5) is 17.6 Å². The molecule has 0 bridgehead atoms. The highest BCUT2D eigenvalue weighted by Gasteiger charge is 2.43. The van der Waals surface area contributed by atoms with Gasteiger partial charge >= 0.3 is 12.1 Å². The third-order valence-corrected chi connectivity index (χ3v) is 8.08. The minimum Gasteiger partial charge on any atom is -0.492 e. The third-order valence-electron chi connectivity index (χ3n) is 6.50. The third kappa shape index (κ3) is 5.80. The second-order valence-corrected chi connectivity index (χ2v) is 11.2. The first-order valence-corrected chi connectivity index (χ1v) is 13.8. The summed E-state index contributed by atoms with van der Waals surface area (Å²) < 4.78 is 87.7. The highest BCUT2D eigenvalue weighted by atomic mass is 32.2. The van der Waals surface area contributed by atoms with Gasteiger partial charge in [-0.3, -0.25) is 4.79 Å². The molecule has 3 aromatic carbocycles. The van der Waals surface area contributed by atoms with E-state index in [9.17, 15) is 30.8 Å². The number of hydrogen-bond donors (Lipinski definition) is 1. The standard InChI is InChI=1S/C27H24F4N4O4S/c1-17(16-39-23-7-9-25-19(12-23)14-32-35(25)22-5-3-21(28)4-6-22)33-40(37,38)24-8-2-18-10-11-34(15-20(18)13-24)26(36)27(29,30)31/h2-9,12-14,17,33H,10-11,15-16H2,1H3/t17-/m0/s1. The predicted molar refractivity (Wildman–Crippen MR) is 138 cm³/mol. The van der Waals surface area contributed by atoms with Crippen molar-refractivity contribution in [2.75, 3.05) is 13.2 Å². The summed E-state index contributed by atoms with van der Waals surface area (Å²) in [6.45, 7) is 1.19. The lowest BCUT2D eigenvalue weighted by Gasteiger charge is -2.29. The van der Waals surface area contributed by atoms with Crippen molar-refractivity contribution >= 4 is 26.8 Å². The Hall–Kier alpha value is -3.97. The van der Waals surface area contributed by atoms with E-state index in [1.54, 1.807) is 54.2 Å². The van der Waals surface area contributed by atoms with Crippen LogP contribution in [0.2, 0.25) is 0 Å². The number of nitrogens with one attached hydrogen (secondary N) is 1. The van der Waals surface area contributed by atoms with Gasteiger partial charge in [0.1, 0.15) is 18.2 Å². The monoisotopic (exact) mass is 576 g/mol. The Labute approximate surface area is 227 Å². The van der Waals surface area contributed by atoms with Crippen molar-refractivity contribution in [3.8, 4) is 11.4 Å². The molecule has 0 aliphatic carbocycles. The minimum atomic E-state index is -4.99. The van der Waals surface area contributed by atoms with Crippen LogP contribution in [0.1, 0.15) is 18.1 Å². The van der Waals surface area contributed by atoms with Gasteiger partial charge in [0.15, 0.2) is 0 Å². The van der Waals surface area contributed by atoms with Gasteiger partial charge in [0.05, 0.1) is 28.3 Å². The van der Waals surface area contributed by atoms with Crippen molar-refractivity contribution in [1.29, 1.82) is 0 Å². The van der Waals surface area contributed by atoms with Crippen LogP contribution < -0.4 is 9.46 Å². The molecular weight excluding hydrogens is 552 g/mol. The van der Waals surface area contributed by atoms with Gasteiger partial charge in [-0.2, -0.15) is 18.3 Å². The van der Waals surface area contributed by atoms with Gasteiger partial charge in [-0.1, -0.05) is 6.07 Å². The lowest BCUT2D eigenvalue weighted by Crippen LogP contribution is -2.43. The summed E-state index contributed by atoms with van der Waals surface area (Å²) in [4.78, 5) is 12.2. The van der Waals surface area contributed by atoms with Gasteiger partial charge in [-0.25, -0.2) is 22.2 Å². The summed E-state index contributed by atoms with van der Waals surface area (Å²) in [7, 11) is -4.02. The zero-order valence-electron chi connectivity index (χ0n) is 21.2. The Balaban J connectivity index is 1.23. The van der Waals surface area contributed by atoms with Crippen LogP contribution in [-0.2, 0) is 27.8 Å². The van der Waals surface area contributed by atoms with Gasteiger partial charge in [0, 0.05) is 18.5 Å². The second-order valence-electron chi connectivity index (χ2n) is 9.49. The maximum absolute atomic E-state index is 13.3. The fraction of sp³-hybridized carbons (Fsp3) is 0.259. The first-order chi connectivity index (χ1) is 18.9. The number of nitrogens with zero attached hydrogens (tertiary/aromatic N) is 3. The topological polar surface area (TPSA) is 93.5 Å². The van der Waals surface area contributed by atoms with E-state index in [4.69, 9.17) is 4.74 Å². The van der Waals surface area contributed by atoms with E-state index in [1.807, 2.05) is 0 Å². The number of fused-ring (bicyclic) bond motifs is 2. The van der Waals surface area contributed by atoms with Gasteiger partial charge in [-0.15, -0.1) is 0 Å². The van der Waals surface area contributed by atoms with Gasteiger partial charge < -0.3 is 9.64 Å². The van der Waals surface area contributed by atoms with E-state index in [0.29, 0.717) is 27.5 Å². The zero-order valence-corrected chi connectivity index (χ0v) is 22.0. The maximum Gasteiger partial charge on any atom is 0.471 e. The number of rotatable bonds is 7. The molecule has 1 aliphatic heterocycles. The molecule has 0 spiro atoms. The predicted octanol–water partition coefficient (Wildman–Crippen LogP) is 4.36. The summed E-state index contributed by atoms with van der Waals surface area (Å²) in [6, 6.07) is 14.8. The lowest BCUT2D eigenvalue weighted by molar-refractivity contribution is -0.186. The Morgan fingerprint density at radius 3 is 2.55 bits per heavy atom. The number of carbonyl (C=O) groups excluding carboxylic acids is 1. The molecule has 40 heavy (non-hydrogen) atoms. The molecule has 1 atom stereocenters. The Bertz CT molecular complexity index is 1670. The first kappa shape index (κ1) is 27.6. The van der Waals surface area contributed by atoms with Crippen LogP contribution in [-0.4, -0.2) is 54.4 Å². The molecule has 13 heteroatoms. The van der Waals surface area contributed by atoms with Gasteiger partial charge in [0.25, 0.3) is 0 Å². The van der Waals surface area contributed by atoms with Crippen molar-refractivity contribution < 1.29 is 35.5 Å². The number of alkyl halides is 3. The van der Waals surface area contributed by atoms with Crippen LogP contribution in [0.25, 0.3) is 16.6 Å². The summed E-state index contributed by atoms with van der Waals surface area (Å²) >= 11 is 0. The largest absolute Gasteiger partial charge is 0.492 e. The second kappa shape index (κ2) is 10.5. The molecule has 8 nitrogen and oxygen atoms in total. The molecule has 1 N–H and O–H groups in total. The van der Waals surface area contributed by atoms with E-state index < -0.39 is 28.1 Å². The van der Waals surface area contributed by atoms with Crippen LogP contribution in [0.15, 0.2) is 71.8 Å². The lowest BCUT2D eigenvalue weighted by atomic mass is 10.00. The average Bonchev–Trinajstić information content (AvgIpc) is 3.34. The van der Waals surface area contributed by atoms with Gasteiger partial charge in [0.2, 0.25) is 10.0 Å². The molecule has 5 rings (SSSR count). The number of hydrogen-bond acceptors (Lipinski definition) is 5. The first-order valence-electron chi connectivity index (χ1n) is 12.3. The molecule has 1 aliphatic rings. The number of halogens is 4. The molecule has 4 aromatic rings. The summed E-state index contributed by atoms with van der Waals surface area (Å²) in [5.41, 5.74) is 2.51. The highest BCUT2D eigenvalue weighted by molar-refractivity contribution is 7.89. The SMILES string of the molecule is C[C@@H](COc1ccc2c(cnn2-c2ccc(F)cc2)c1)NS(=O)(=O)c1ccc2c(c1)CN(C(=O)C(F)(F)F)CC2. The fourth-order valence-electron chi connectivity index (χ4n) is 4.53. The zero-order chi connectivity index (χ0) is 28.7. The summed E-state index contributed by atoms with van der Waals surface area (Å²) in [5, 5.41) is 5.11. The van der Waals surface area contributed by atoms with E-state index in [0.717, 1.165) is 10.9 Å². The molecule has 0 saturated carbocycles. The van der Waals surface area contributed by atoms with E-state index in [2.05, 4.69) is 9.82 Å². The number of aromatic nitrogens is 2. The minimum absolute atomic E-state index is 0.00433. The highest BCUT2D eigenvalue weighted by Crippen LogP contribution is 2.27. The van der Waals surface area contributed by atoms with Crippen LogP contribution in [0.5, 0.6) is 5.75 Å². The fourth-order valence-corrected chi connectivity index (χ4v) is 5.81. The Morgan fingerprint density at radius 1 is 1.07 bits per heavy atom. The van der Waals surface area contributed by atoms with Crippen molar-refractivity contribution in [2.45, 2.75) is 37.0 Å². The molecule has 1 amide bonds. The maximum atomic E-state index is 13.3. The quantitative estimate of drug-likeness (QED) is 0.330. The number of amides is 1. The Morgan fingerprint density at radius 2 is 1.82 bits per heavy atom. The van der Waals surface area contributed by atoms with Crippen LogP contribution in [0, 0.1) is 5.82 Å². The van der Waals surface area contributed by atoms with Crippen molar-refractivity contribution in [3.63, 3.8) is 0 Å². The number of benzene rings is 3. The van der Waals surface area contributed by atoms with E-state index in [-0.39, 0.29) is 36.8 Å². The van der Waals surface area contributed by atoms with Crippen LogP contribution >= 0.6 is 0 Å². The van der Waals surface area contributed by atoms with Crippen molar-refractivity contribution in [3.05, 3.63) is 83.8 Å². The number of ether oxygens (including phenoxy) is 1. The molecule has 0 fully saturated rings. The summed E-state index contributed by atoms with van der Waals surface area (Å²) in [6.07, 6.45) is -3.16. The molecular formula is C27H24F4N4O4S. The molecule has 0 radical (unpaired) electrons. The van der Waals surface area contributed by atoms with Crippen molar-refractivity contribution in [1.82, 2.24) is 19.4 Å². The summed E-state index contributed by atoms with van der Waals surface area (Å²) in [5.74, 6) is -1.81. The molecule has 1 aromatic heterocycles. The molecule has 2 heterocycles. The molecule has 210 valence electrons. The number of sulfonamides is 1. The number of carbonyl (C=O) groups is 1. The molecule has 0 saturated heterocycles. The average molecular weight is 577 g/mol. The van der Waals surface area contributed by atoms with E-state index in [1.165, 1.54) is 24.3 Å². The van der Waals surface area contributed by atoms with Crippen LogP contribution in [0.3, 0.4) is 0 Å². The van der Waals surface area contributed by atoms with Crippen molar-refractivity contribution in [2.24, 2.45) is 0 Å². The van der Waals surface area contributed by atoms with Gasteiger partial charge in [-0.05, 0) is 79.1 Å². The smallest absolute Gasteiger partial charge is 0.471 e. The van der Waals surface area contributed by atoms with E-state index >= 15 is 0 Å². The Kier molecular flexibility index (Phi) is 7.27. The normalized spacial score (nSPS) is 14.7. The molecule has 0 unspecified atom stereocenters.